The number of aryl methyl sites for hydroxylation is 1. The number of carbonyl (C=O) groups is 1. The molecule has 0 saturated carbocycles. The Kier molecular flexibility index (Phi) is 4.83. The zero-order valence-corrected chi connectivity index (χ0v) is 10.2. The molecule has 3 nitrogen and oxygen atoms in total. The van der Waals surface area contributed by atoms with E-state index < -0.39 is 0 Å². The summed E-state index contributed by atoms with van der Waals surface area (Å²) >= 11 is 0. The summed E-state index contributed by atoms with van der Waals surface area (Å²) in [7, 11) is 3.39. The number of ether oxygens (including phenoxy) is 1. The highest BCUT2D eigenvalue weighted by Gasteiger charge is 2.08. The number of carbonyl (C=O) groups excluding carboxylic acids is 1. The van der Waals surface area contributed by atoms with Gasteiger partial charge in [0.2, 0.25) is 6.41 Å². The molecule has 88 valence electrons. The minimum Gasteiger partial charge on any atom is -0.497 e. The van der Waals surface area contributed by atoms with Crippen molar-refractivity contribution < 1.29 is 9.53 Å². The number of nitrogens with zero attached hydrogens (tertiary/aromatic N) is 1. The van der Waals surface area contributed by atoms with Crippen LogP contribution in [0.3, 0.4) is 0 Å². The Bertz CT molecular complexity index is 350. The van der Waals surface area contributed by atoms with E-state index >= 15 is 0 Å². The first-order chi connectivity index (χ1) is 7.72. The van der Waals surface area contributed by atoms with Gasteiger partial charge < -0.3 is 9.64 Å². The molecule has 0 aromatic heterocycles. The lowest BCUT2D eigenvalue weighted by atomic mass is 10.1. The molecule has 0 aliphatic rings. The summed E-state index contributed by atoms with van der Waals surface area (Å²) in [6.45, 7) is 2.16. The Balaban J connectivity index is 3.00. The van der Waals surface area contributed by atoms with Crippen molar-refractivity contribution in [1.82, 2.24) is 0 Å². The fourth-order valence-electron chi connectivity index (χ4n) is 1.63. The number of anilines is 1. The number of methoxy groups -OCH3 is 1. The maximum absolute atomic E-state index is 10.8. The third-order valence-corrected chi connectivity index (χ3v) is 2.63. The second kappa shape index (κ2) is 6.16. The number of rotatable bonds is 6. The van der Waals surface area contributed by atoms with E-state index in [0.29, 0.717) is 0 Å². The van der Waals surface area contributed by atoms with Crippen molar-refractivity contribution in [1.29, 1.82) is 0 Å². The molecule has 0 unspecified atom stereocenters. The zero-order valence-electron chi connectivity index (χ0n) is 10.2. The normalized spacial score (nSPS) is 9.94. The minimum absolute atomic E-state index is 0.781. The van der Waals surface area contributed by atoms with Gasteiger partial charge in [0, 0.05) is 18.8 Å². The van der Waals surface area contributed by atoms with Crippen LogP contribution in [0.1, 0.15) is 25.3 Å². The molecule has 1 aromatic carbocycles. The lowest BCUT2D eigenvalue weighted by Gasteiger charge is -2.17. The fraction of sp³-hybridized carbons (Fsp3) is 0.462. The van der Waals surface area contributed by atoms with Crippen LogP contribution in [-0.2, 0) is 11.2 Å². The smallest absolute Gasteiger partial charge is 0.213 e. The first kappa shape index (κ1) is 12.6. The molecule has 0 atom stereocenters. The Morgan fingerprint density at radius 1 is 1.44 bits per heavy atom. The van der Waals surface area contributed by atoms with Crippen LogP contribution in [0, 0.1) is 0 Å². The molecule has 16 heavy (non-hydrogen) atoms. The molecule has 0 fully saturated rings. The Morgan fingerprint density at radius 3 is 2.75 bits per heavy atom. The molecule has 1 amide bonds. The van der Waals surface area contributed by atoms with Crippen LogP contribution in [-0.4, -0.2) is 20.6 Å². The van der Waals surface area contributed by atoms with Gasteiger partial charge >= 0.3 is 0 Å². The number of amides is 1. The third-order valence-electron chi connectivity index (χ3n) is 2.63. The molecule has 0 radical (unpaired) electrons. The summed E-state index contributed by atoms with van der Waals surface area (Å²) in [6, 6.07) is 5.87. The van der Waals surface area contributed by atoms with E-state index in [1.165, 1.54) is 5.56 Å². The molecule has 0 spiro atoms. The van der Waals surface area contributed by atoms with Crippen molar-refractivity contribution >= 4 is 12.1 Å². The van der Waals surface area contributed by atoms with Gasteiger partial charge in [-0.3, -0.25) is 4.79 Å². The van der Waals surface area contributed by atoms with E-state index in [1.54, 1.807) is 19.1 Å². The van der Waals surface area contributed by atoms with Gasteiger partial charge in [0.1, 0.15) is 5.75 Å². The monoisotopic (exact) mass is 221 g/mol. The fourth-order valence-corrected chi connectivity index (χ4v) is 1.63. The first-order valence-corrected chi connectivity index (χ1v) is 5.58. The van der Waals surface area contributed by atoms with E-state index in [1.807, 2.05) is 18.2 Å². The molecule has 0 aliphatic carbocycles. The Labute approximate surface area is 97.0 Å². The van der Waals surface area contributed by atoms with E-state index in [4.69, 9.17) is 4.74 Å². The van der Waals surface area contributed by atoms with Crippen LogP contribution >= 0.6 is 0 Å². The number of unbranched alkanes of at least 4 members (excludes halogenated alkanes) is 1. The van der Waals surface area contributed by atoms with Crippen molar-refractivity contribution in [2.24, 2.45) is 0 Å². The summed E-state index contributed by atoms with van der Waals surface area (Å²) in [5.41, 5.74) is 2.13. The largest absolute Gasteiger partial charge is 0.497 e. The van der Waals surface area contributed by atoms with Crippen molar-refractivity contribution in [2.75, 3.05) is 19.1 Å². The predicted molar refractivity (Wildman–Crippen MR) is 66.1 cm³/mol. The van der Waals surface area contributed by atoms with Gasteiger partial charge in [0.05, 0.1) is 7.11 Å². The second-order valence-electron chi connectivity index (χ2n) is 3.81. The lowest BCUT2D eigenvalue weighted by molar-refractivity contribution is -0.107. The summed E-state index contributed by atoms with van der Waals surface area (Å²) in [6.07, 6.45) is 4.10. The molecule has 0 saturated heterocycles. The molecule has 0 aliphatic heterocycles. The minimum atomic E-state index is 0.781. The van der Waals surface area contributed by atoms with Crippen molar-refractivity contribution in [3.63, 3.8) is 0 Å². The maximum atomic E-state index is 10.8. The van der Waals surface area contributed by atoms with Gasteiger partial charge in [-0.2, -0.15) is 0 Å². The zero-order chi connectivity index (χ0) is 12.0. The highest BCUT2D eigenvalue weighted by molar-refractivity contribution is 5.77. The van der Waals surface area contributed by atoms with Crippen molar-refractivity contribution in [3.8, 4) is 5.75 Å². The van der Waals surface area contributed by atoms with Crippen molar-refractivity contribution in [2.45, 2.75) is 26.2 Å². The van der Waals surface area contributed by atoms with Crippen LogP contribution in [0.15, 0.2) is 18.2 Å². The van der Waals surface area contributed by atoms with Crippen LogP contribution in [0.25, 0.3) is 0 Å². The van der Waals surface area contributed by atoms with Crippen LogP contribution < -0.4 is 9.64 Å². The van der Waals surface area contributed by atoms with Gasteiger partial charge in [-0.1, -0.05) is 19.4 Å². The van der Waals surface area contributed by atoms with E-state index in [9.17, 15) is 4.79 Å². The molecule has 0 N–H and O–H groups in total. The first-order valence-electron chi connectivity index (χ1n) is 5.58. The average Bonchev–Trinajstić information content (AvgIpc) is 2.35. The van der Waals surface area contributed by atoms with Gasteiger partial charge in [0.25, 0.3) is 0 Å². The second-order valence-corrected chi connectivity index (χ2v) is 3.81. The predicted octanol–water partition coefficient (Wildman–Crippen LogP) is 2.63. The van der Waals surface area contributed by atoms with Gasteiger partial charge in [-0.05, 0) is 24.5 Å². The van der Waals surface area contributed by atoms with Gasteiger partial charge in [-0.15, -0.1) is 0 Å². The molecule has 3 heteroatoms. The maximum Gasteiger partial charge on any atom is 0.213 e. The number of hydrogen-bond donors (Lipinski definition) is 0. The van der Waals surface area contributed by atoms with E-state index in [2.05, 4.69) is 6.92 Å². The van der Waals surface area contributed by atoms with Gasteiger partial charge in [-0.25, -0.2) is 0 Å². The van der Waals surface area contributed by atoms with Crippen LogP contribution in [0.2, 0.25) is 0 Å². The number of hydrogen-bond acceptors (Lipinski definition) is 2. The summed E-state index contributed by atoms with van der Waals surface area (Å²) < 4.78 is 5.17. The summed E-state index contributed by atoms with van der Waals surface area (Å²) in [4.78, 5) is 12.4. The molecule has 0 bridgehead atoms. The highest BCUT2D eigenvalue weighted by atomic mass is 16.5. The molecular weight excluding hydrogens is 202 g/mol. The Hall–Kier alpha value is -1.51. The topological polar surface area (TPSA) is 29.5 Å². The Morgan fingerprint density at radius 2 is 2.19 bits per heavy atom. The summed E-state index contributed by atoms with van der Waals surface area (Å²) in [5.74, 6) is 0.781. The van der Waals surface area contributed by atoms with E-state index in [0.717, 1.165) is 37.1 Å². The van der Waals surface area contributed by atoms with Crippen LogP contribution in [0.4, 0.5) is 5.69 Å². The molecule has 1 aromatic rings. The molecule has 1 rings (SSSR count). The highest BCUT2D eigenvalue weighted by Crippen LogP contribution is 2.26. The summed E-state index contributed by atoms with van der Waals surface area (Å²) in [5, 5.41) is 0. The standard InChI is InChI=1S/C13H19NO2/c1-4-5-6-11-7-8-12(16-3)9-13(11)14(2)10-15/h7-10H,4-6H2,1-3H3. The third kappa shape index (κ3) is 2.99. The number of benzene rings is 1. The van der Waals surface area contributed by atoms with E-state index in [-0.39, 0.29) is 0 Å². The average molecular weight is 221 g/mol. The molecule has 0 heterocycles. The quantitative estimate of drug-likeness (QED) is 0.691. The molecular formula is C13H19NO2. The van der Waals surface area contributed by atoms with Crippen LogP contribution in [0.5, 0.6) is 5.75 Å². The SMILES string of the molecule is CCCCc1ccc(OC)cc1N(C)C=O. The van der Waals surface area contributed by atoms with Crippen molar-refractivity contribution in [3.05, 3.63) is 23.8 Å². The van der Waals surface area contributed by atoms with Gasteiger partial charge in [0.15, 0.2) is 0 Å². The lowest BCUT2D eigenvalue weighted by Crippen LogP contribution is -2.15.